The maximum absolute atomic E-state index is 11.9. The number of hydrogen-bond acceptors (Lipinski definition) is 3. The third kappa shape index (κ3) is 6.29. The van der Waals surface area contributed by atoms with Crippen LogP contribution in [-0.2, 0) is 16.0 Å². The highest BCUT2D eigenvalue weighted by molar-refractivity contribution is 6.35. The number of ether oxygens (including phenoxy) is 1. The highest BCUT2D eigenvalue weighted by Crippen LogP contribution is 2.25. The Kier molecular flexibility index (Phi) is 7.10. The largest absolute Gasteiger partial charge is 0.484 e. The summed E-state index contributed by atoms with van der Waals surface area (Å²) in [5.74, 6) is -0.209. The van der Waals surface area contributed by atoms with Crippen LogP contribution in [0.15, 0.2) is 42.5 Å². The molecule has 0 aliphatic carbocycles. The smallest absolute Gasteiger partial charge is 0.258 e. The number of carbonyl (C=O) groups is 2. The molecule has 0 heterocycles. The molecule has 0 saturated heterocycles. The summed E-state index contributed by atoms with van der Waals surface area (Å²) >= 11 is 11.8. The van der Waals surface area contributed by atoms with Gasteiger partial charge < -0.3 is 15.4 Å². The summed E-state index contributed by atoms with van der Waals surface area (Å²) in [5.41, 5.74) is 1.58. The predicted octanol–water partition coefficient (Wildman–Crippen LogP) is 3.69. The van der Waals surface area contributed by atoms with Crippen molar-refractivity contribution in [3.8, 4) is 5.75 Å². The van der Waals surface area contributed by atoms with Crippen LogP contribution in [0, 0.1) is 0 Å². The first-order chi connectivity index (χ1) is 12.0. The lowest BCUT2D eigenvalue weighted by Gasteiger charge is -2.10. The number of amides is 2. The molecule has 0 aliphatic rings. The molecular formula is C18H18Cl2N2O3. The number of hydrogen-bond donors (Lipinski definition) is 2. The van der Waals surface area contributed by atoms with E-state index in [0.29, 0.717) is 21.5 Å². The molecule has 2 aromatic carbocycles. The van der Waals surface area contributed by atoms with Crippen LogP contribution in [0.4, 0.5) is 5.69 Å². The number of aryl methyl sites for hydroxylation is 1. The van der Waals surface area contributed by atoms with Crippen molar-refractivity contribution >= 4 is 40.7 Å². The lowest BCUT2D eigenvalue weighted by Crippen LogP contribution is -2.35. The molecule has 2 amide bonds. The Morgan fingerprint density at radius 2 is 1.76 bits per heavy atom. The van der Waals surface area contributed by atoms with Gasteiger partial charge in [0.1, 0.15) is 5.75 Å². The quantitative estimate of drug-likeness (QED) is 0.769. The number of benzene rings is 2. The van der Waals surface area contributed by atoms with Crippen LogP contribution in [0.1, 0.15) is 12.5 Å². The van der Waals surface area contributed by atoms with E-state index in [9.17, 15) is 9.59 Å². The summed E-state index contributed by atoms with van der Waals surface area (Å²) in [6.07, 6.45) is 0.937. The van der Waals surface area contributed by atoms with Gasteiger partial charge in [0, 0.05) is 5.02 Å². The fourth-order valence-corrected chi connectivity index (χ4v) is 2.32. The van der Waals surface area contributed by atoms with Gasteiger partial charge in [-0.05, 0) is 42.3 Å². The SMILES string of the molecule is CCc1ccc(OCC(=O)NCC(=O)Nc2cc(Cl)ccc2Cl)cc1. The zero-order valence-electron chi connectivity index (χ0n) is 13.6. The summed E-state index contributed by atoms with van der Waals surface area (Å²) < 4.78 is 5.37. The number of halogens is 2. The van der Waals surface area contributed by atoms with E-state index in [2.05, 4.69) is 17.6 Å². The minimum absolute atomic E-state index is 0.170. The third-order valence-electron chi connectivity index (χ3n) is 3.35. The Bertz CT molecular complexity index is 748. The molecular weight excluding hydrogens is 363 g/mol. The molecule has 0 atom stereocenters. The lowest BCUT2D eigenvalue weighted by atomic mass is 10.2. The van der Waals surface area contributed by atoms with E-state index in [4.69, 9.17) is 27.9 Å². The van der Waals surface area contributed by atoms with Gasteiger partial charge in [0.05, 0.1) is 17.3 Å². The van der Waals surface area contributed by atoms with Crippen molar-refractivity contribution < 1.29 is 14.3 Å². The summed E-state index contributed by atoms with van der Waals surface area (Å²) in [6.45, 7) is 1.70. The molecule has 2 rings (SSSR count). The highest BCUT2D eigenvalue weighted by Gasteiger charge is 2.09. The molecule has 0 spiro atoms. The normalized spacial score (nSPS) is 10.2. The molecule has 0 saturated carbocycles. The Hall–Kier alpha value is -2.24. The zero-order valence-corrected chi connectivity index (χ0v) is 15.2. The number of carbonyl (C=O) groups excluding carboxylic acids is 2. The maximum atomic E-state index is 11.9. The topological polar surface area (TPSA) is 67.4 Å². The van der Waals surface area contributed by atoms with Gasteiger partial charge in [-0.3, -0.25) is 9.59 Å². The molecule has 0 unspecified atom stereocenters. The van der Waals surface area contributed by atoms with E-state index in [-0.39, 0.29) is 13.2 Å². The molecule has 0 bridgehead atoms. The van der Waals surface area contributed by atoms with E-state index < -0.39 is 11.8 Å². The summed E-state index contributed by atoms with van der Waals surface area (Å²) in [5, 5.41) is 5.87. The van der Waals surface area contributed by atoms with Crippen molar-refractivity contribution in [1.82, 2.24) is 5.32 Å². The Labute approximate surface area is 156 Å². The van der Waals surface area contributed by atoms with Crippen molar-refractivity contribution in [2.24, 2.45) is 0 Å². The molecule has 2 N–H and O–H groups in total. The van der Waals surface area contributed by atoms with Gasteiger partial charge in [0.15, 0.2) is 6.61 Å². The van der Waals surface area contributed by atoms with E-state index in [1.54, 1.807) is 24.3 Å². The van der Waals surface area contributed by atoms with Crippen LogP contribution in [0.5, 0.6) is 5.75 Å². The van der Waals surface area contributed by atoms with Gasteiger partial charge in [-0.1, -0.05) is 42.3 Å². The molecule has 5 nitrogen and oxygen atoms in total. The molecule has 0 aliphatic heterocycles. The van der Waals surface area contributed by atoms with Crippen molar-refractivity contribution in [2.45, 2.75) is 13.3 Å². The fraction of sp³-hybridized carbons (Fsp3) is 0.222. The average Bonchev–Trinajstić information content (AvgIpc) is 2.61. The minimum Gasteiger partial charge on any atom is -0.484 e. The van der Waals surface area contributed by atoms with Gasteiger partial charge in [-0.25, -0.2) is 0 Å². The third-order valence-corrected chi connectivity index (χ3v) is 3.91. The molecule has 2 aromatic rings. The second-order valence-electron chi connectivity index (χ2n) is 5.24. The first-order valence-electron chi connectivity index (χ1n) is 7.71. The van der Waals surface area contributed by atoms with Crippen LogP contribution in [-0.4, -0.2) is 25.0 Å². The molecule has 7 heteroatoms. The first kappa shape index (κ1) is 19.1. The van der Waals surface area contributed by atoms with Crippen molar-refractivity contribution in [2.75, 3.05) is 18.5 Å². The summed E-state index contributed by atoms with van der Waals surface area (Å²) in [6, 6.07) is 12.2. The summed E-state index contributed by atoms with van der Waals surface area (Å²) in [4.78, 5) is 23.6. The second kappa shape index (κ2) is 9.30. The fourth-order valence-electron chi connectivity index (χ4n) is 1.99. The van der Waals surface area contributed by atoms with Crippen LogP contribution in [0.3, 0.4) is 0 Å². The van der Waals surface area contributed by atoms with Crippen LogP contribution < -0.4 is 15.4 Å². The Balaban J connectivity index is 1.75. The van der Waals surface area contributed by atoms with Crippen LogP contribution in [0.25, 0.3) is 0 Å². The van der Waals surface area contributed by atoms with Crippen LogP contribution in [0.2, 0.25) is 10.0 Å². The number of anilines is 1. The number of rotatable bonds is 7. The van der Waals surface area contributed by atoms with Crippen molar-refractivity contribution in [3.63, 3.8) is 0 Å². The standard InChI is InChI=1S/C18H18Cl2N2O3/c1-2-12-3-6-14(7-4-12)25-11-18(24)21-10-17(23)22-16-9-13(19)5-8-15(16)20/h3-9H,2,10-11H2,1H3,(H,21,24)(H,22,23). The summed E-state index contributed by atoms with van der Waals surface area (Å²) in [7, 11) is 0. The van der Waals surface area contributed by atoms with Crippen LogP contribution >= 0.6 is 23.2 Å². The second-order valence-corrected chi connectivity index (χ2v) is 6.08. The molecule has 0 radical (unpaired) electrons. The molecule has 0 aromatic heterocycles. The Morgan fingerprint density at radius 3 is 2.44 bits per heavy atom. The van der Waals surface area contributed by atoms with E-state index in [1.807, 2.05) is 12.1 Å². The van der Waals surface area contributed by atoms with Crippen molar-refractivity contribution in [3.05, 3.63) is 58.1 Å². The average molecular weight is 381 g/mol. The lowest BCUT2D eigenvalue weighted by molar-refractivity contribution is -0.125. The molecule has 132 valence electrons. The Morgan fingerprint density at radius 1 is 1.04 bits per heavy atom. The maximum Gasteiger partial charge on any atom is 0.258 e. The highest BCUT2D eigenvalue weighted by atomic mass is 35.5. The minimum atomic E-state index is -0.412. The van der Waals surface area contributed by atoms with E-state index >= 15 is 0 Å². The predicted molar refractivity (Wildman–Crippen MR) is 99.4 cm³/mol. The monoisotopic (exact) mass is 380 g/mol. The van der Waals surface area contributed by atoms with Gasteiger partial charge in [0.25, 0.3) is 5.91 Å². The first-order valence-corrected chi connectivity index (χ1v) is 8.47. The zero-order chi connectivity index (χ0) is 18.2. The molecule has 25 heavy (non-hydrogen) atoms. The molecule has 0 fully saturated rings. The van der Waals surface area contributed by atoms with Gasteiger partial charge in [-0.2, -0.15) is 0 Å². The number of nitrogens with one attached hydrogen (secondary N) is 2. The van der Waals surface area contributed by atoms with E-state index in [1.165, 1.54) is 11.6 Å². The van der Waals surface area contributed by atoms with Gasteiger partial charge >= 0.3 is 0 Å². The van der Waals surface area contributed by atoms with Gasteiger partial charge in [0.2, 0.25) is 5.91 Å². The van der Waals surface area contributed by atoms with E-state index in [0.717, 1.165) is 6.42 Å². The van der Waals surface area contributed by atoms with Gasteiger partial charge in [-0.15, -0.1) is 0 Å². The van der Waals surface area contributed by atoms with Crippen molar-refractivity contribution in [1.29, 1.82) is 0 Å².